The van der Waals surface area contributed by atoms with Gasteiger partial charge in [-0.2, -0.15) is 0 Å². The summed E-state index contributed by atoms with van der Waals surface area (Å²) < 4.78 is 11.6. The molecule has 0 saturated heterocycles. The predicted molar refractivity (Wildman–Crippen MR) is 94.3 cm³/mol. The molecule has 24 heavy (non-hydrogen) atoms. The van der Waals surface area contributed by atoms with Crippen molar-refractivity contribution >= 4 is 40.9 Å². The molecule has 1 aromatic carbocycles. The Bertz CT molecular complexity index is 981. The van der Waals surface area contributed by atoms with Crippen LogP contribution in [-0.2, 0) is 4.79 Å². The zero-order valence-corrected chi connectivity index (χ0v) is 15.0. The van der Waals surface area contributed by atoms with Crippen molar-refractivity contribution in [2.75, 3.05) is 6.79 Å². The molecule has 0 atom stereocenters. The maximum atomic E-state index is 12.1. The first-order chi connectivity index (χ1) is 11.2. The lowest BCUT2D eigenvalue weighted by Crippen LogP contribution is -2.22. The lowest BCUT2D eigenvalue weighted by Gasteiger charge is -2.12. The fourth-order valence-electron chi connectivity index (χ4n) is 2.08. The van der Waals surface area contributed by atoms with Gasteiger partial charge in [0, 0.05) is 11.5 Å². The van der Waals surface area contributed by atoms with Crippen LogP contribution in [0.3, 0.4) is 0 Å². The second kappa shape index (κ2) is 6.11. The molecule has 0 bridgehead atoms. The largest absolute Gasteiger partial charge is 0.454 e. The standard InChI is InChI=1S/C17H16ClNO4S/c1-17(2,3)13(20)7-14-19-16(21)12(24-14)6-9-4-10(18)15-11(5-9)22-8-23-15/h4-7H,8H2,1-3H3,(H,19,21)/b12-6-,14-7+. The number of aromatic amines is 1. The normalized spacial score (nSPS) is 15.2. The molecular formula is C17H16ClNO4S. The lowest BCUT2D eigenvalue weighted by molar-refractivity contribution is -0.119. The quantitative estimate of drug-likeness (QED) is 0.884. The van der Waals surface area contributed by atoms with Gasteiger partial charge in [0.15, 0.2) is 17.3 Å². The molecule has 0 amide bonds. The molecule has 0 aliphatic carbocycles. The third-order valence-electron chi connectivity index (χ3n) is 3.43. The second-order valence-corrected chi connectivity index (χ2v) is 7.92. The number of hydrogen-bond donors (Lipinski definition) is 1. The zero-order chi connectivity index (χ0) is 17.5. The number of ketones is 1. The van der Waals surface area contributed by atoms with E-state index in [1.165, 1.54) is 17.4 Å². The number of hydrogen-bond acceptors (Lipinski definition) is 5. The summed E-state index contributed by atoms with van der Waals surface area (Å²) in [7, 11) is 0. The number of thiazole rings is 1. The summed E-state index contributed by atoms with van der Waals surface area (Å²) in [6.07, 6.45) is 3.17. The van der Waals surface area contributed by atoms with E-state index in [1.807, 2.05) is 20.8 Å². The van der Waals surface area contributed by atoms with Crippen molar-refractivity contribution in [1.29, 1.82) is 0 Å². The first kappa shape index (κ1) is 16.8. The highest BCUT2D eigenvalue weighted by Crippen LogP contribution is 2.39. The minimum atomic E-state index is -0.490. The number of fused-ring (bicyclic) bond motifs is 1. The molecule has 5 nitrogen and oxygen atoms in total. The van der Waals surface area contributed by atoms with Gasteiger partial charge in [-0.1, -0.05) is 32.4 Å². The van der Waals surface area contributed by atoms with Gasteiger partial charge < -0.3 is 14.5 Å². The SMILES string of the molecule is CC(C)(C)C(=O)/C=c1\[nH]c(=O)/c(=C/c2cc(Cl)c3c(c2)OCO3)s1. The Morgan fingerprint density at radius 1 is 1.33 bits per heavy atom. The Hall–Kier alpha value is -2.05. The molecule has 126 valence electrons. The molecule has 1 aliphatic rings. The van der Waals surface area contributed by atoms with E-state index in [9.17, 15) is 9.59 Å². The van der Waals surface area contributed by atoms with Crippen LogP contribution in [0.15, 0.2) is 16.9 Å². The lowest BCUT2D eigenvalue weighted by atomic mass is 9.91. The van der Waals surface area contributed by atoms with Crippen LogP contribution in [0.2, 0.25) is 5.02 Å². The van der Waals surface area contributed by atoms with Crippen LogP contribution in [0, 0.1) is 5.41 Å². The van der Waals surface area contributed by atoms with E-state index in [2.05, 4.69) is 4.98 Å². The summed E-state index contributed by atoms with van der Waals surface area (Å²) in [4.78, 5) is 26.9. The Morgan fingerprint density at radius 3 is 2.79 bits per heavy atom. The van der Waals surface area contributed by atoms with Crippen molar-refractivity contribution in [3.63, 3.8) is 0 Å². The summed E-state index contributed by atoms with van der Waals surface area (Å²) in [6, 6.07) is 3.47. The molecule has 1 aromatic heterocycles. The molecule has 0 radical (unpaired) electrons. The number of halogens is 1. The summed E-state index contributed by atoms with van der Waals surface area (Å²) in [5.41, 5.74) is -0.0117. The molecule has 0 saturated carbocycles. The summed E-state index contributed by atoms with van der Waals surface area (Å²) in [6.45, 7) is 5.63. The van der Waals surface area contributed by atoms with Crippen molar-refractivity contribution < 1.29 is 14.3 Å². The van der Waals surface area contributed by atoms with Crippen LogP contribution in [-0.4, -0.2) is 17.6 Å². The van der Waals surface area contributed by atoms with Crippen molar-refractivity contribution in [1.82, 2.24) is 4.98 Å². The Kier molecular flexibility index (Phi) is 4.27. The number of ether oxygens (including phenoxy) is 2. The summed E-state index contributed by atoms with van der Waals surface area (Å²) >= 11 is 7.37. The number of aromatic nitrogens is 1. The highest BCUT2D eigenvalue weighted by atomic mass is 35.5. The van der Waals surface area contributed by atoms with Gasteiger partial charge in [-0.05, 0) is 23.8 Å². The zero-order valence-electron chi connectivity index (χ0n) is 13.4. The third kappa shape index (κ3) is 3.39. The molecule has 1 aliphatic heterocycles. The summed E-state index contributed by atoms with van der Waals surface area (Å²) in [5, 5.41) is 0.430. The van der Waals surface area contributed by atoms with Crippen LogP contribution in [0.4, 0.5) is 0 Å². The molecular weight excluding hydrogens is 350 g/mol. The average Bonchev–Trinajstić information content (AvgIpc) is 3.05. The number of benzene rings is 1. The van der Waals surface area contributed by atoms with Gasteiger partial charge in [-0.3, -0.25) is 9.59 Å². The number of rotatable bonds is 2. The molecule has 2 heterocycles. The monoisotopic (exact) mass is 365 g/mol. The van der Waals surface area contributed by atoms with Crippen LogP contribution < -0.4 is 24.2 Å². The minimum absolute atomic E-state index is 0.0438. The van der Waals surface area contributed by atoms with Crippen LogP contribution in [0.5, 0.6) is 11.5 Å². The molecule has 0 unspecified atom stereocenters. The Balaban J connectivity index is 2.04. The Labute approximate surface area is 147 Å². The van der Waals surface area contributed by atoms with E-state index in [1.54, 1.807) is 18.2 Å². The van der Waals surface area contributed by atoms with Gasteiger partial charge in [0.2, 0.25) is 6.79 Å². The van der Waals surface area contributed by atoms with Gasteiger partial charge >= 0.3 is 0 Å². The Morgan fingerprint density at radius 2 is 2.08 bits per heavy atom. The minimum Gasteiger partial charge on any atom is -0.454 e. The first-order valence-electron chi connectivity index (χ1n) is 7.30. The van der Waals surface area contributed by atoms with E-state index >= 15 is 0 Å². The number of carbonyl (C=O) groups is 1. The first-order valence-corrected chi connectivity index (χ1v) is 8.49. The van der Waals surface area contributed by atoms with E-state index in [4.69, 9.17) is 21.1 Å². The smallest absolute Gasteiger partial charge is 0.266 e. The van der Waals surface area contributed by atoms with Gasteiger partial charge in [0.25, 0.3) is 5.56 Å². The fourth-order valence-corrected chi connectivity index (χ4v) is 3.24. The highest BCUT2D eigenvalue weighted by molar-refractivity contribution is 7.07. The van der Waals surface area contributed by atoms with Crippen LogP contribution in [0.1, 0.15) is 26.3 Å². The predicted octanol–water partition coefficient (Wildman–Crippen LogP) is 2.04. The molecule has 0 spiro atoms. The van der Waals surface area contributed by atoms with Gasteiger partial charge in [0.1, 0.15) is 0 Å². The van der Waals surface area contributed by atoms with Crippen molar-refractivity contribution in [3.8, 4) is 11.5 Å². The number of H-pyrrole nitrogens is 1. The average molecular weight is 366 g/mol. The third-order valence-corrected chi connectivity index (χ3v) is 4.67. The van der Waals surface area contributed by atoms with Crippen molar-refractivity contribution in [2.45, 2.75) is 20.8 Å². The molecule has 0 fully saturated rings. The highest BCUT2D eigenvalue weighted by Gasteiger charge is 2.19. The van der Waals surface area contributed by atoms with Crippen molar-refractivity contribution in [2.24, 2.45) is 5.41 Å². The molecule has 1 N–H and O–H groups in total. The maximum absolute atomic E-state index is 12.1. The van der Waals surface area contributed by atoms with E-state index in [0.717, 1.165) is 5.56 Å². The summed E-state index contributed by atoms with van der Waals surface area (Å²) in [5.74, 6) is 1.02. The number of Topliss-reactive ketones (excluding diaryl/α,β-unsaturated/α-hetero) is 1. The van der Waals surface area contributed by atoms with Crippen LogP contribution >= 0.6 is 22.9 Å². The van der Waals surface area contributed by atoms with Gasteiger partial charge in [-0.15, -0.1) is 11.3 Å². The van der Waals surface area contributed by atoms with Gasteiger partial charge in [0.05, 0.1) is 14.2 Å². The topological polar surface area (TPSA) is 68.4 Å². The molecule has 2 aromatic rings. The molecule has 3 rings (SSSR count). The maximum Gasteiger partial charge on any atom is 0.266 e. The van der Waals surface area contributed by atoms with E-state index in [0.29, 0.717) is 25.7 Å². The van der Waals surface area contributed by atoms with Crippen molar-refractivity contribution in [3.05, 3.63) is 42.3 Å². The molecule has 7 heteroatoms. The van der Waals surface area contributed by atoms with E-state index < -0.39 is 5.41 Å². The number of nitrogens with one attached hydrogen (secondary N) is 1. The van der Waals surface area contributed by atoms with E-state index in [-0.39, 0.29) is 18.1 Å². The van der Waals surface area contributed by atoms with Crippen LogP contribution in [0.25, 0.3) is 12.2 Å². The second-order valence-electron chi connectivity index (χ2n) is 6.42. The fraction of sp³-hybridized carbons (Fsp3) is 0.294. The number of carbonyl (C=O) groups excluding carboxylic acids is 1. The van der Waals surface area contributed by atoms with Gasteiger partial charge in [-0.25, -0.2) is 0 Å².